The molecule has 0 atom stereocenters. The first-order chi connectivity index (χ1) is 12.2. The third-order valence-corrected chi connectivity index (χ3v) is 4.25. The van der Waals surface area contributed by atoms with Crippen molar-refractivity contribution >= 4 is 34.8 Å². The number of rotatable bonds is 4. The van der Waals surface area contributed by atoms with Gasteiger partial charge in [0, 0.05) is 29.2 Å². The van der Waals surface area contributed by atoms with Gasteiger partial charge in [0.2, 0.25) is 5.95 Å². The van der Waals surface area contributed by atoms with Crippen molar-refractivity contribution in [2.45, 2.75) is 6.54 Å². The van der Waals surface area contributed by atoms with Gasteiger partial charge in [0.1, 0.15) is 5.65 Å². The quantitative estimate of drug-likeness (QED) is 0.565. The largest absolute Gasteiger partial charge is 0.349 e. The van der Waals surface area contributed by atoms with Crippen molar-refractivity contribution in [1.82, 2.24) is 19.4 Å². The van der Waals surface area contributed by atoms with Crippen LogP contribution in [0.5, 0.6) is 0 Å². The normalized spacial score (nSPS) is 11.0. The topological polar surface area (TPSA) is 55.1 Å². The molecular weight excluding hydrogens is 357 g/mol. The molecule has 0 fully saturated rings. The summed E-state index contributed by atoms with van der Waals surface area (Å²) in [7, 11) is 0. The first-order valence-corrected chi connectivity index (χ1v) is 8.39. The Hall–Kier alpha value is -2.63. The van der Waals surface area contributed by atoms with Gasteiger partial charge in [-0.15, -0.1) is 0 Å². The van der Waals surface area contributed by atoms with E-state index in [1.165, 1.54) is 0 Å². The number of halogens is 2. The van der Waals surface area contributed by atoms with Gasteiger partial charge in [-0.1, -0.05) is 35.3 Å². The average Bonchev–Trinajstić information content (AvgIpc) is 2.99. The molecule has 3 aromatic heterocycles. The van der Waals surface area contributed by atoms with Crippen molar-refractivity contribution in [1.29, 1.82) is 0 Å². The minimum Gasteiger partial charge on any atom is -0.349 e. The summed E-state index contributed by atoms with van der Waals surface area (Å²) in [4.78, 5) is 13.1. The molecule has 4 rings (SSSR count). The number of aromatic nitrogens is 4. The lowest BCUT2D eigenvalue weighted by atomic mass is 10.1. The summed E-state index contributed by atoms with van der Waals surface area (Å²) in [5.74, 6) is 0.557. The van der Waals surface area contributed by atoms with Crippen molar-refractivity contribution in [2.75, 3.05) is 5.32 Å². The van der Waals surface area contributed by atoms with Crippen molar-refractivity contribution in [3.8, 4) is 11.3 Å². The number of imidazole rings is 1. The van der Waals surface area contributed by atoms with Gasteiger partial charge in [-0.05, 0) is 30.3 Å². The molecule has 0 bridgehead atoms. The Morgan fingerprint density at radius 1 is 0.920 bits per heavy atom. The van der Waals surface area contributed by atoms with Gasteiger partial charge in [-0.2, -0.15) is 0 Å². The highest BCUT2D eigenvalue weighted by Gasteiger charge is 2.14. The molecule has 7 heteroatoms. The third kappa shape index (κ3) is 3.29. The number of fused-ring (bicyclic) bond motifs is 1. The van der Waals surface area contributed by atoms with Crippen LogP contribution in [0.4, 0.5) is 5.95 Å². The molecule has 0 radical (unpaired) electrons. The van der Waals surface area contributed by atoms with E-state index in [2.05, 4.69) is 15.3 Å². The first kappa shape index (κ1) is 15.9. The molecule has 25 heavy (non-hydrogen) atoms. The van der Waals surface area contributed by atoms with Gasteiger partial charge < -0.3 is 9.72 Å². The number of pyridine rings is 1. The molecule has 0 aliphatic carbocycles. The maximum absolute atomic E-state index is 6.17. The lowest BCUT2D eigenvalue weighted by molar-refractivity contribution is 0.977. The zero-order valence-corrected chi connectivity index (χ0v) is 14.5. The Labute approximate surface area is 154 Å². The first-order valence-electron chi connectivity index (χ1n) is 7.64. The molecule has 1 aromatic carbocycles. The predicted octanol–water partition coefficient (Wildman–Crippen LogP) is 4.71. The van der Waals surface area contributed by atoms with Crippen molar-refractivity contribution < 1.29 is 0 Å². The molecule has 0 amide bonds. The summed E-state index contributed by atoms with van der Waals surface area (Å²) in [5.41, 5.74) is 3.63. The maximum atomic E-state index is 6.17. The number of hydrogen-bond acceptors (Lipinski definition) is 4. The van der Waals surface area contributed by atoms with E-state index in [-0.39, 0.29) is 0 Å². The lowest BCUT2D eigenvalue weighted by Crippen LogP contribution is -2.06. The lowest BCUT2D eigenvalue weighted by Gasteiger charge is -2.07. The summed E-state index contributed by atoms with van der Waals surface area (Å²) >= 11 is 12.2. The molecule has 0 unspecified atom stereocenters. The molecule has 124 valence electrons. The molecule has 0 aliphatic heterocycles. The van der Waals surface area contributed by atoms with Crippen LogP contribution < -0.4 is 5.32 Å². The minimum atomic E-state index is 0.503. The van der Waals surface area contributed by atoms with Gasteiger partial charge in [0.15, 0.2) is 0 Å². The Bertz CT molecular complexity index is 1010. The van der Waals surface area contributed by atoms with Crippen LogP contribution in [0.3, 0.4) is 0 Å². The van der Waals surface area contributed by atoms with E-state index in [0.717, 1.165) is 22.6 Å². The van der Waals surface area contributed by atoms with Crippen LogP contribution in [0, 0.1) is 0 Å². The molecule has 0 aliphatic rings. The fourth-order valence-corrected chi connectivity index (χ4v) is 2.91. The predicted molar refractivity (Wildman–Crippen MR) is 100 cm³/mol. The highest BCUT2D eigenvalue weighted by Crippen LogP contribution is 2.27. The minimum absolute atomic E-state index is 0.503. The Kier molecular flexibility index (Phi) is 4.26. The van der Waals surface area contributed by atoms with Crippen molar-refractivity contribution in [3.63, 3.8) is 0 Å². The van der Waals surface area contributed by atoms with Crippen molar-refractivity contribution in [2.24, 2.45) is 0 Å². The second-order valence-corrected chi connectivity index (χ2v) is 6.29. The molecule has 0 spiro atoms. The number of benzene rings is 1. The number of nitrogens with one attached hydrogen (secondary N) is 1. The van der Waals surface area contributed by atoms with Crippen LogP contribution in [0.15, 0.2) is 61.1 Å². The standard InChI is InChI=1S/C18H13Cl2N5/c19-13-4-2-12(3-5-13)17-15(10-23-18-21-8-1-9-22-18)25-11-14(20)6-7-16(25)24-17/h1-9,11H,10H2,(H,21,22,23). The Balaban J connectivity index is 1.79. The number of anilines is 1. The molecule has 3 heterocycles. The second-order valence-electron chi connectivity index (χ2n) is 5.42. The molecule has 4 aromatic rings. The van der Waals surface area contributed by atoms with Gasteiger partial charge in [-0.25, -0.2) is 15.0 Å². The van der Waals surface area contributed by atoms with E-state index in [9.17, 15) is 0 Å². The van der Waals surface area contributed by atoms with E-state index in [1.54, 1.807) is 18.5 Å². The van der Waals surface area contributed by atoms with Crippen molar-refractivity contribution in [3.05, 3.63) is 76.8 Å². The fourth-order valence-electron chi connectivity index (χ4n) is 2.63. The number of nitrogens with zero attached hydrogens (tertiary/aromatic N) is 4. The van der Waals surface area contributed by atoms with E-state index in [4.69, 9.17) is 28.2 Å². The molecule has 0 saturated carbocycles. The van der Waals surface area contributed by atoms with Crippen LogP contribution in [0.25, 0.3) is 16.9 Å². The number of hydrogen-bond donors (Lipinski definition) is 1. The smallest absolute Gasteiger partial charge is 0.222 e. The Morgan fingerprint density at radius 2 is 1.64 bits per heavy atom. The third-order valence-electron chi connectivity index (χ3n) is 3.78. The van der Waals surface area contributed by atoms with Crippen LogP contribution in [0.1, 0.15) is 5.69 Å². The zero-order valence-electron chi connectivity index (χ0n) is 13.0. The zero-order chi connectivity index (χ0) is 17.2. The van der Waals surface area contributed by atoms with E-state index in [0.29, 0.717) is 22.5 Å². The van der Waals surface area contributed by atoms with Crippen LogP contribution in [-0.2, 0) is 6.54 Å². The highest BCUT2D eigenvalue weighted by atomic mass is 35.5. The maximum Gasteiger partial charge on any atom is 0.222 e. The SMILES string of the molecule is Clc1ccc(-c2nc3ccc(Cl)cn3c2CNc2ncccn2)cc1. The highest BCUT2D eigenvalue weighted by molar-refractivity contribution is 6.30. The Morgan fingerprint density at radius 3 is 2.40 bits per heavy atom. The van der Waals surface area contributed by atoms with Crippen LogP contribution in [0.2, 0.25) is 10.0 Å². The summed E-state index contributed by atoms with van der Waals surface area (Å²) in [6.07, 6.45) is 5.24. The van der Waals surface area contributed by atoms with Gasteiger partial charge in [0.25, 0.3) is 0 Å². The molecule has 0 saturated heterocycles. The monoisotopic (exact) mass is 369 g/mol. The van der Waals surface area contributed by atoms with Crippen LogP contribution in [-0.4, -0.2) is 19.4 Å². The molecule has 5 nitrogen and oxygen atoms in total. The molecular formula is C18H13Cl2N5. The fraction of sp³-hybridized carbons (Fsp3) is 0.0556. The van der Waals surface area contributed by atoms with E-state index >= 15 is 0 Å². The van der Waals surface area contributed by atoms with E-state index in [1.807, 2.05) is 47.0 Å². The average molecular weight is 370 g/mol. The van der Waals surface area contributed by atoms with Gasteiger partial charge in [-0.3, -0.25) is 0 Å². The van der Waals surface area contributed by atoms with Crippen LogP contribution >= 0.6 is 23.2 Å². The summed E-state index contributed by atoms with van der Waals surface area (Å²) in [6.45, 7) is 0.503. The summed E-state index contributed by atoms with van der Waals surface area (Å²) in [5, 5.41) is 4.56. The second kappa shape index (κ2) is 6.70. The van der Waals surface area contributed by atoms with Gasteiger partial charge in [0.05, 0.1) is 23.0 Å². The summed E-state index contributed by atoms with van der Waals surface area (Å²) in [6, 6.07) is 13.1. The van der Waals surface area contributed by atoms with Gasteiger partial charge >= 0.3 is 0 Å². The van der Waals surface area contributed by atoms with E-state index < -0.39 is 0 Å². The summed E-state index contributed by atoms with van der Waals surface area (Å²) < 4.78 is 1.97. The molecule has 1 N–H and O–H groups in total.